The Hall–Kier alpha value is -3.38. The molecule has 0 aliphatic heterocycles. The molecule has 2 N–H and O–H groups in total. The number of benzene rings is 3. The van der Waals surface area contributed by atoms with Crippen LogP contribution in [-0.4, -0.2) is 30.7 Å². The minimum Gasteiger partial charge on any atom is -0.497 e. The molecule has 0 saturated carbocycles. The van der Waals surface area contributed by atoms with E-state index in [-0.39, 0.29) is 17.2 Å². The van der Waals surface area contributed by atoms with Gasteiger partial charge in [-0.05, 0) is 66.5 Å². The molecular weight excluding hydrogens is 444 g/mol. The van der Waals surface area contributed by atoms with Gasteiger partial charge in [-0.2, -0.15) is 0 Å². The van der Waals surface area contributed by atoms with Gasteiger partial charge in [-0.15, -0.1) is 0 Å². The second-order valence-electron chi connectivity index (χ2n) is 9.22. The molecule has 3 rings (SSSR count). The van der Waals surface area contributed by atoms with Crippen LogP contribution in [0.1, 0.15) is 49.2 Å². The van der Waals surface area contributed by atoms with Crippen molar-refractivity contribution in [2.45, 2.75) is 39.2 Å². The van der Waals surface area contributed by atoms with Gasteiger partial charge in [0.1, 0.15) is 18.1 Å². The number of ether oxygens (including phenoxy) is 2. The molecule has 0 fully saturated rings. The van der Waals surface area contributed by atoms with Crippen molar-refractivity contribution < 1.29 is 14.3 Å². The average Bonchev–Trinajstić information content (AvgIpc) is 2.82. The number of anilines is 1. The second kappa shape index (κ2) is 11.2. The third-order valence-electron chi connectivity index (χ3n) is 5.33. The van der Waals surface area contributed by atoms with Crippen LogP contribution in [0.4, 0.5) is 5.69 Å². The molecule has 3 aromatic rings. The second-order valence-corrected chi connectivity index (χ2v) is 9.63. The summed E-state index contributed by atoms with van der Waals surface area (Å²) in [5.41, 5.74) is 3.26. The van der Waals surface area contributed by atoms with E-state index in [1.807, 2.05) is 79.7 Å². The molecule has 0 spiro atoms. The Morgan fingerprint density at radius 2 is 1.59 bits per heavy atom. The molecule has 0 unspecified atom stereocenters. The standard InChI is InChI=1S/C28H32N2O3S/c1-19(18-33-25-15-13-24(32-5)14-16-25)29-27(34)30-23-8-6-7-21(17-23)26(31)20-9-11-22(12-10-20)28(2,3)4/h6-17,19H,18H2,1-5H3,(H2,29,30,34)/t19-/m1/s1. The van der Waals surface area contributed by atoms with E-state index in [9.17, 15) is 4.79 Å². The van der Waals surface area contributed by atoms with Crippen molar-refractivity contribution in [3.8, 4) is 11.5 Å². The zero-order valence-corrected chi connectivity index (χ0v) is 21.2. The van der Waals surface area contributed by atoms with Crippen LogP contribution in [0, 0.1) is 0 Å². The van der Waals surface area contributed by atoms with Crippen LogP contribution in [-0.2, 0) is 5.41 Å². The van der Waals surface area contributed by atoms with Gasteiger partial charge < -0.3 is 20.1 Å². The SMILES string of the molecule is COc1ccc(OC[C@@H](C)NC(=S)Nc2cccc(C(=O)c3ccc(C(C)(C)C)cc3)c2)cc1. The molecular formula is C28H32N2O3S. The largest absolute Gasteiger partial charge is 0.497 e. The van der Waals surface area contributed by atoms with E-state index in [1.54, 1.807) is 7.11 Å². The van der Waals surface area contributed by atoms with Crippen LogP contribution in [0.15, 0.2) is 72.8 Å². The molecule has 0 saturated heterocycles. The molecule has 0 aliphatic rings. The lowest BCUT2D eigenvalue weighted by Gasteiger charge is -2.19. The smallest absolute Gasteiger partial charge is 0.193 e. The maximum atomic E-state index is 13.0. The van der Waals surface area contributed by atoms with Gasteiger partial charge in [-0.25, -0.2) is 0 Å². The summed E-state index contributed by atoms with van der Waals surface area (Å²) in [5, 5.41) is 6.83. The Bertz CT molecular complexity index is 1120. The number of carbonyl (C=O) groups excluding carboxylic acids is 1. The first-order valence-electron chi connectivity index (χ1n) is 11.3. The van der Waals surface area contributed by atoms with Crippen molar-refractivity contribution in [2.24, 2.45) is 0 Å². The number of rotatable bonds is 8. The molecule has 0 amide bonds. The molecule has 178 valence electrons. The minimum atomic E-state index is -0.0238. The number of thiocarbonyl (C=S) groups is 1. The van der Waals surface area contributed by atoms with Crippen molar-refractivity contribution in [2.75, 3.05) is 19.0 Å². The first-order chi connectivity index (χ1) is 16.2. The molecule has 0 bridgehead atoms. The predicted molar refractivity (Wildman–Crippen MR) is 142 cm³/mol. The first-order valence-corrected chi connectivity index (χ1v) is 11.7. The Balaban J connectivity index is 1.55. The van der Waals surface area contributed by atoms with Crippen LogP contribution < -0.4 is 20.1 Å². The maximum absolute atomic E-state index is 13.0. The van der Waals surface area contributed by atoms with E-state index in [2.05, 4.69) is 31.4 Å². The molecule has 0 radical (unpaired) electrons. The molecule has 0 aliphatic carbocycles. The molecule has 0 aromatic heterocycles. The summed E-state index contributed by atoms with van der Waals surface area (Å²) in [6.07, 6.45) is 0. The van der Waals surface area contributed by atoms with Gasteiger partial charge in [0.2, 0.25) is 0 Å². The fourth-order valence-electron chi connectivity index (χ4n) is 3.35. The Labute approximate surface area is 207 Å². The van der Waals surface area contributed by atoms with E-state index >= 15 is 0 Å². The lowest BCUT2D eigenvalue weighted by atomic mass is 9.86. The van der Waals surface area contributed by atoms with Gasteiger partial charge in [0.15, 0.2) is 10.9 Å². The Morgan fingerprint density at radius 1 is 0.941 bits per heavy atom. The van der Waals surface area contributed by atoms with Gasteiger partial charge in [0.25, 0.3) is 0 Å². The lowest BCUT2D eigenvalue weighted by Crippen LogP contribution is -2.39. The van der Waals surface area contributed by atoms with Crippen molar-refractivity contribution >= 4 is 28.8 Å². The lowest BCUT2D eigenvalue weighted by molar-refractivity contribution is 0.103. The summed E-state index contributed by atoms with van der Waals surface area (Å²) < 4.78 is 11.0. The van der Waals surface area contributed by atoms with E-state index in [1.165, 1.54) is 5.56 Å². The highest BCUT2D eigenvalue weighted by atomic mass is 32.1. The summed E-state index contributed by atoms with van der Waals surface area (Å²) in [4.78, 5) is 13.0. The van der Waals surface area contributed by atoms with Crippen molar-refractivity contribution in [1.29, 1.82) is 0 Å². The van der Waals surface area contributed by atoms with E-state index in [0.29, 0.717) is 22.8 Å². The summed E-state index contributed by atoms with van der Waals surface area (Å²) >= 11 is 5.45. The summed E-state index contributed by atoms with van der Waals surface area (Å²) in [7, 11) is 1.63. The number of carbonyl (C=O) groups is 1. The van der Waals surface area contributed by atoms with Crippen molar-refractivity contribution in [1.82, 2.24) is 5.32 Å². The quantitative estimate of drug-likeness (QED) is 0.308. The summed E-state index contributed by atoms with van der Waals surface area (Å²) in [5.74, 6) is 1.52. The summed E-state index contributed by atoms with van der Waals surface area (Å²) in [6, 6.07) is 22.6. The van der Waals surface area contributed by atoms with E-state index < -0.39 is 0 Å². The number of methoxy groups -OCH3 is 1. The normalized spacial score (nSPS) is 11.9. The van der Waals surface area contributed by atoms with Crippen LogP contribution in [0.3, 0.4) is 0 Å². The molecule has 6 heteroatoms. The molecule has 1 atom stereocenters. The number of nitrogens with one attached hydrogen (secondary N) is 2. The van der Waals surface area contributed by atoms with Crippen LogP contribution in [0.5, 0.6) is 11.5 Å². The highest BCUT2D eigenvalue weighted by Gasteiger charge is 2.15. The number of hydrogen-bond donors (Lipinski definition) is 2. The van der Waals surface area contributed by atoms with Gasteiger partial charge >= 0.3 is 0 Å². The van der Waals surface area contributed by atoms with E-state index in [0.717, 1.165) is 17.2 Å². The maximum Gasteiger partial charge on any atom is 0.193 e. The van der Waals surface area contributed by atoms with Crippen molar-refractivity contribution in [3.63, 3.8) is 0 Å². The predicted octanol–water partition coefficient (Wildman–Crippen LogP) is 5.98. The third-order valence-corrected chi connectivity index (χ3v) is 5.55. The fourth-order valence-corrected chi connectivity index (χ4v) is 3.67. The number of ketones is 1. The first kappa shape index (κ1) is 25.2. The molecule has 3 aromatic carbocycles. The molecule has 34 heavy (non-hydrogen) atoms. The molecule has 5 nitrogen and oxygen atoms in total. The Kier molecular flexibility index (Phi) is 8.29. The molecule has 0 heterocycles. The van der Waals surface area contributed by atoms with Crippen LogP contribution in [0.2, 0.25) is 0 Å². The fraction of sp³-hybridized carbons (Fsp3) is 0.286. The zero-order chi connectivity index (χ0) is 24.7. The van der Waals surface area contributed by atoms with Gasteiger partial charge in [0, 0.05) is 16.8 Å². The third kappa shape index (κ3) is 7.06. The van der Waals surface area contributed by atoms with Gasteiger partial charge in [-0.3, -0.25) is 4.79 Å². The van der Waals surface area contributed by atoms with Gasteiger partial charge in [0.05, 0.1) is 13.2 Å². The van der Waals surface area contributed by atoms with E-state index in [4.69, 9.17) is 21.7 Å². The number of hydrogen-bond acceptors (Lipinski definition) is 4. The van der Waals surface area contributed by atoms with Crippen LogP contribution >= 0.6 is 12.2 Å². The van der Waals surface area contributed by atoms with Crippen LogP contribution in [0.25, 0.3) is 0 Å². The zero-order valence-electron chi connectivity index (χ0n) is 20.3. The topological polar surface area (TPSA) is 59.6 Å². The Morgan fingerprint density at radius 3 is 2.21 bits per heavy atom. The highest BCUT2D eigenvalue weighted by molar-refractivity contribution is 7.80. The minimum absolute atomic E-state index is 0.0201. The highest BCUT2D eigenvalue weighted by Crippen LogP contribution is 2.23. The monoisotopic (exact) mass is 476 g/mol. The summed E-state index contributed by atoms with van der Waals surface area (Å²) in [6.45, 7) is 8.89. The van der Waals surface area contributed by atoms with Crippen molar-refractivity contribution in [3.05, 3.63) is 89.5 Å². The van der Waals surface area contributed by atoms with Gasteiger partial charge in [-0.1, -0.05) is 57.2 Å². The average molecular weight is 477 g/mol.